The fourth-order valence-corrected chi connectivity index (χ4v) is 1.72. The van der Waals surface area contributed by atoms with Gasteiger partial charge in [0.25, 0.3) is 0 Å². The van der Waals surface area contributed by atoms with Gasteiger partial charge in [-0.25, -0.2) is 0 Å². The van der Waals surface area contributed by atoms with E-state index in [9.17, 15) is 4.79 Å². The predicted octanol–water partition coefficient (Wildman–Crippen LogP) is 3.79. The van der Waals surface area contributed by atoms with Crippen molar-refractivity contribution >= 4 is 11.9 Å². The molecule has 0 saturated heterocycles. The Morgan fingerprint density at radius 2 is 2.06 bits per heavy atom. The van der Waals surface area contributed by atoms with Gasteiger partial charge >= 0.3 is 0 Å². The quantitative estimate of drug-likeness (QED) is 0.588. The van der Waals surface area contributed by atoms with Gasteiger partial charge in [0.1, 0.15) is 5.76 Å². The smallest absolute Gasteiger partial charge is 0.186 e. The monoisotopic (exact) mass is 226 g/mol. The number of carbonyl (C=O) groups excluding carboxylic acids is 1. The summed E-state index contributed by atoms with van der Waals surface area (Å²) in [6.45, 7) is 3.96. The zero-order valence-corrected chi connectivity index (χ0v) is 9.94. The second kappa shape index (κ2) is 4.83. The van der Waals surface area contributed by atoms with E-state index >= 15 is 0 Å². The lowest BCUT2D eigenvalue weighted by Gasteiger charge is -2.02. The maximum absolute atomic E-state index is 11.9. The molecule has 0 fully saturated rings. The molecule has 2 nitrogen and oxygen atoms in total. The topological polar surface area (TPSA) is 30.2 Å². The number of benzene rings is 1. The molecular formula is C15H14O2. The Labute approximate surface area is 101 Å². The number of allylic oxidation sites excluding steroid dienone is 1. The van der Waals surface area contributed by atoms with Crippen LogP contribution in [0.3, 0.4) is 0 Å². The van der Waals surface area contributed by atoms with Crippen LogP contribution in [0.1, 0.15) is 27.2 Å². The van der Waals surface area contributed by atoms with E-state index in [2.05, 4.69) is 0 Å². The van der Waals surface area contributed by atoms with E-state index in [1.807, 2.05) is 38.1 Å². The maximum Gasteiger partial charge on any atom is 0.186 e. The number of aryl methyl sites for hydroxylation is 2. The Kier molecular flexibility index (Phi) is 3.24. The zero-order chi connectivity index (χ0) is 12.3. The molecule has 17 heavy (non-hydrogen) atoms. The number of carbonyl (C=O) groups is 1. The van der Waals surface area contributed by atoms with Gasteiger partial charge in [-0.15, -0.1) is 0 Å². The van der Waals surface area contributed by atoms with E-state index < -0.39 is 0 Å². The molecule has 0 N–H and O–H groups in total. The van der Waals surface area contributed by atoms with Gasteiger partial charge in [0, 0.05) is 5.56 Å². The average Bonchev–Trinajstić information content (AvgIpc) is 2.78. The number of hydrogen-bond acceptors (Lipinski definition) is 2. The third kappa shape index (κ3) is 2.72. The molecule has 0 amide bonds. The third-order valence-electron chi connectivity index (χ3n) is 2.59. The fourth-order valence-electron chi connectivity index (χ4n) is 1.72. The minimum Gasteiger partial charge on any atom is -0.465 e. The van der Waals surface area contributed by atoms with Gasteiger partial charge in [0.2, 0.25) is 0 Å². The first-order valence-electron chi connectivity index (χ1n) is 5.50. The molecule has 0 aliphatic rings. The van der Waals surface area contributed by atoms with Crippen molar-refractivity contribution in [1.29, 1.82) is 0 Å². The molecule has 0 spiro atoms. The first-order chi connectivity index (χ1) is 8.16. The molecule has 1 heterocycles. The average molecular weight is 226 g/mol. The SMILES string of the molecule is Cc1ccc(C(=O)/C=C\c2ccco2)c(C)c1. The second-order valence-electron chi connectivity index (χ2n) is 4.03. The first kappa shape index (κ1) is 11.4. The van der Waals surface area contributed by atoms with Crippen molar-refractivity contribution in [2.75, 3.05) is 0 Å². The van der Waals surface area contributed by atoms with E-state index in [1.165, 1.54) is 6.08 Å². The van der Waals surface area contributed by atoms with Gasteiger partial charge in [0.05, 0.1) is 6.26 Å². The fraction of sp³-hybridized carbons (Fsp3) is 0.133. The summed E-state index contributed by atoms with van der Waals surface area (Å²) in [6, 6.07) is 9.42. The molecule has 0 unspecified atom stereocenters. The molecule has 0 aliphatic heterocycles. The summed E-state index contributed by atoms with van der Waals surface area (Å²) < 4.78 is 5.13. The minimum absolute atomic E-state index is 0.00102. The van der Waals surface area contributed by atoms with Gasteiger partial charge in [-0.3, -0.25) is 4.79 Å². The maximum atomic E-state index is 11.9. The van der Waals surface area contributed by atoms with Crippen LogP contribution in [-0.2, 0) is 0 Å². The predicted molar refractivity (Wildman–Crippen MR) is 68.0 cm³/mol. The van der Waals surface area contributed by atoms with Gasteiger partial charge in [-0.2, -0.15) is 0 Å². The molecule has 1 aromatic heterocycles. The van der Waals surface area contributed by atoms with Crippen LogP contribution in [0.2, 0.25) is 0 Å². The number of hydrogen-bond donors (Lipinski definition) is 0. The molecule has 2 aromatic rings. The van der Waals surface area contributed by atoms with E-state index in [-0.39, 0.29) is 5.78 Å². The van der Waals surface area contributed by atoms with E-state index in [4.69, 9.17) is 4.42 Å². The van der Waals surface area contributed by atoms with Gasteiger partial charge < -0.3 is 4.42 Å². The summed E-state index contributed by atoms with van der Waals surface area (Å²) in [6.07, 6.45) is 4.80. The van der Waals surface area contributed by atoms with Crippen LogP contribution < -0.4 is 0 Å². The number of rotatable bonds is 3. The largest absolute Gasteiger partial charge is 0.465 e. The van der Waals surface area contributed by atoms with Crippen LogP contribution in [0, 0.1) is 13.8 Å². The molecule has 0 bridgehead atoms. The van der Waals surface area contributed by atoms with Crippen LogP contribution in [0.25, 0.3) is 6.08 Å². The van der Waals surface area contributed by atoms with Crippen molar-refractivity contribution in [3.63, 3.8) is 0 Å². The number of furan rings is 1. The second-order valence-corrected chi connectivity index (χ2v) is 4.03. The lowest BCUT2D eigenvalue weighted by Crippen LogP contribution is -1.97. The van der Waals surface area contributed by atoms with Crippen LogP contribution in [0.4, 0.5) is 0 Å². The Morgan fingerprint density at radius 3 is 2.71 bits per heavy atom. The van der Waals surface area contributed by atoms with Crippen LogP contribution in [-0.4, -0.2) is 5.78 Å². The highest BCUT2D eigenvalue weighted by Crippen LogP contribution is 2.12. The van der Waals surface area contributed by atoms with Crippen molar-refractivity contribution in [1.82, 2.24) is 0 Å². The Bertz CT molecular complexity index is 548. The molecule has 2 rings (SSSR count). The lowest BCUT2D eigenvalue weighted by atomic mass is 10.0. The summed E-state index contributed by atoms with van der Waals surface area (Å²) in [7, 11) is 0. The summed E-state index contributed by atoms with van der Waals surface area (Å²) in [5.41, 5.74) is 2.89. The van der Waals surface area contributed by atoms with Gasteiger partial charge in [-0.1, -0.05) is 23.8 Å². The molecule has 0 radical (unpaired) electrons. The Hall–Kier alpha value is -2.09. The van der Waals surface area contributed by atoms with Crippen molar-refractivity contribution < 1.29 is 9.21 Å². The standard InChI is InChI=1S/C15H14O2/c1-11-5-7-14(12(2)10-11)15(16)8-6-13-4-3-9-17-13/h3-10H,1-2H3/b8-6-. The van der Waals surface area contributed by atoms with Crippen molar-refractivity contribution in [3.05, 3.63) is 65.1 Å². The highest BCUT2D eigenvalue weighted by atomic mass is 16.3. The van der Waals surface area contributed by atoms with Crippen molar-refractivity contribution in [3.8, 4) is 0 Å². The van der Waals surface area contributed by atoms with Crippen molar-refractivity contribution in [2.24, 2.45) is 0 Å². The summed E-state index contributed by atoms with van der Waals surface area (Å²) in [5.74, 6) is 0.682. The molecule has 0 atom stereocenters. The Morgan fingerprint density at radius 1 is 1.24 bits per heavy atom. The summed E-state index contributed by atoms with van der Waals surface area (Å²) in [4.78, 5) is 11.9. The molecule has 0 saturated carbocycles. The molecule has 0 aliphatic carbocycles. The normalized spacial score (nSPS) is 10.9. The van der Waals surface area contributed by atoms with E-state index in [1.54, 1.807) is 18.4 Å². The molecule has 2 heteroatoms. The van der Waals surface area contributed by atoms with Crippen LogP contribution in [0.5, 0.6) is 0 Å². The highest BCUT2D eigenvalue weighted by Gasteiger charge is 2.05. The molecule has 86 valence electrons. The summed E-state index contributed by atoms with van der Waals surface area (Å²) >= 11 is 0. The molecule has 1 aromatic carbocycles. The van der Waals surface area contributed by atoms with Crippen LogP contribution in [0.15, 0.2) is 47.1 Å². The lowest BCUT2D eigenvalue weighted by molar-refractivity contribution is 0.104. The number of ketones is 1. The van der Waals surface area contributed by atoms with Gasteiger partial charge in [0.15, 0.2) is 5.78 Å². The van der Waals surface area contributed by atoms with Crippen molar-refractivity contribution in [2.45, 2.75) is 13.8 Å². The van der Waals surface area contributed by atoms with Gasteiger partial charge in [-0.05, 0) is 43.7 Å². The summed E-state index contributed by atoms with van der Waals surface area (Å²) in [5, 5.41) is 0. The minimum atomic E-state index is -0.00102. The van der Waals surface area contributed by atoms with E-state index in [0.29, 0.717) is 5.76 Å². The first-order valence-corrected chi connectivity index (χ1v) is 5.50. The Balaban J connectivity index is 2.20. The third-order valence-corrected chi connectivity index (χ3v) is 2.59. The van der Waals surface area contributed by atoms with E-state index in [0.717, 1.165) is 16.7 Å². The highest BCUT2D eigenvalue weighted by molar-refractivity contribution is 6.07. The van der Waals surface area contributed by atoms with Crippen LogP contribution >= 0.6 is 0 Å². The molecular weight excluding hydrogens is 212 g/mol. The zero-order valence-electron chi connectivity index (χ0n) is 9.94.